The summed E-state index contributed by atoms with van der Waals surface area (Å²) in [5, 5.41) is 2.98. The lowest BCUT2D eigenvalue weighted by Gasteiger charge is -2.32. The summed E-state index contributed by atoms with van der Waals surface area (Å²) in [6.45, 7) is 7.29. The van der Waals surface area contributed by atoms with Gasteiger partial charge in [0.15, 0.2) is 0 Å². The van der Waals surface area contributed by atoms with Crippen LogP contribution in [-0.4, -0.2) is 57.1 Å². The largest absolute Gasteiger partial charge is 0.494 e. The lowest BCUT2D eigenvalue weighted by Crippen LogP contribution is -2.50. The van der Waals surface area contributed by atoms with E-state index in [-0.39, 0.29) is 37.7 Å². The normalized spacial score (nSPS) is 11.9. The zero-order valence-electron chi connectivity index (χ0n) is 25.1. The molecule has 1 N–H and O–H groups in total. The average molecular weight is 594 g/mol. The molecule has 0 aliphatic rings. The maximum atomic E-state index is 13.9. The molecule has 3 aromatic rings. The van der Waals surface area contributed by atoms with Crippen LogP contribution in [0.4, 0.5) is 5.69 Å². The van der Waals surface area contributed by atoms with Gasteiger partial charge >= 0.3 is 0 Å². The molecule has 9 heteroatoms. The third kappa shape index (κ3) is 9.91. The number of carbonyl (C=O) groups excluding carboxylic acids is 2. The molecule has 3 aromatic carbocycles. The van der Waals surface area contributed by atoms with Gasteiger partial charge in [0.1, 0.15) is 11.8 Å². The first kappa shape index (κ1) is 32.7. The minimum absolute atomic E-state index is 0.0845. The van der Waals surface area contributed by atoms with Gasteiger partial charge < -0.3 is 15.0 Å². The topological polar surface area (TPSA) is 96.0 Å². The molecule has 0 saturated carbocycles. The molecule has 3 rings (SSSR count). The third-order valence-electron chi connectivity index (χ3n) is 6.84. The van der Waals surface area contributed by atoms with Crippen LogP contribution in [0, 0.1) is 6.92 Å². The molecule has 0 aliphatic heterocycles. The van der Waals surface area contributed by atoms with Crippen LogP contribution in [0.1, 0.15) is 49.8 Å². The number of hydrogen-bond donors (Lipinski definition) is 1. The Bertz CT molecular complexity index is 1390. The SMILES string of the molecule is CCCNC(=O)C(Cc1ccccc1)N(Cc1cccc(C)c1)C(=O)CCCN(c1ccc(OCC)cc1)S(C)(=O)=O. The standard InChI is InChI=1S/C33H43N3O5S/c1-5-21-34-33(38)31(24-27-13-8-7-9-14-27)35(25-28-15-10-12-26(3)23-28)32(37)16-11-22-36(42(4,39)40)29-17-19-30(20-18-29)41-6-2/h7-10,12-15,17-20,23,31H,5-6,11,16,21-22,24-25H2,1-4H3,(H,34,38). The summed E-state index contributed by atoms with van der Waals surface area (Å²) in [6.07, 6.45) is 2.68. The Morgan fingerprint density at radius 2 is 1.62 bits per heavy atom. The summed E-state index contributed by atoms with van der Waals surface area (Å²) >= 11 is 0. The highest BCUT2D eigenvalue weighted by atomic mass is 32.2. The Hall–Kier alpha value is -3.85. The zero-order valence-corrected chi connectivity index (χ0v) is 25.9. The fourth-order valence-electron chi connectivity index (χ4n) is 4.81. The van der Waals surface area contributed by atoms with Crippen LogP contribution in [0.15, 0.2) is 78.9 Å². The van der Waals surface area contributed by atoms with Crippen LogP contribution in [-0.2, 0) is 32.6 Å². The van der Waals surface area contributed by atoms with E-state index < -0.39 is 16.1 Å². The van der Waals surface area contributed by atoms with Crippen molar-refractivity contribution in [1.29, 1.82) is 0 Å². The Labute approximate surface area is 250 Å². The summed E-state index contributed by atoms with van der Waals surface area (Å²) in [5.74, 6) is 0.251. The van der Waals surface area contributed by atoms with Gasteiger partial charge in [-0.3, -0.25) is 13.9 Å². The van der Waals surface area contributed by atoms with E-state index in [1.807, 2.05) is 75.4 Å². The predicted octanol–water partition coefficient (Wildman–Crippen LogP) is 5.11. The molecule has 0 aromatic heterocycles. The monoisotopic (exact) mass is 593 g/mol. The molecule has 2 amide bonds. The van der Waals surface area contributed by atoms with Gasteiger partial charge in [-0.05, 0) is 62.1 Å². The summed E-state index contributed by atoms with van der Waals surface area (Å²) in [5.41, 5.74) is 3.45. The van der Waals surface area contributed by atoms with Crippen molar-refractivity contribution in [2.24, 2.45) is 0 Å². The number of carbonyl (C=O) groups is 2. The number of sulfonamides is 1. The second kappa shape index (κ2) is 16.0. The van der Waals surface area contributed by atoms with Crippen molar-refractivity contribution in [1.82, 2.24) is 10.2 Å². The highest BCUT2D eigenvalue weighted by Gasteiger charge is 2.30. The summed E-state index contributed by atoms with van der Waals surface area (Å²) < 4.78 is 32.1. The van der Waals surface area contributed by atoms with Gasteiger partial charge in [0.2, 0.25) is 21.8 Å². The molecule has 0 saturated heterocycles. The summed E-state index contributed by atoms with van der Waals surface area (Å²) in [7, 11) is -3.59. The van der Waals surface area contributed by atoms with E-state index >= 15 is 0 Å². The molecule has 0 radical (unpaired) electrons. The highest BCUT2D eigenvalue weighted by Crippen LogP contribution is 2.23. The molecule has 42 heavy (non-hydrogen) atoms. The lowest BCUT2D eigenvalue weighted by atomic mass is 10.0. The molecule has 8 nitrogen and oxygen atoms in total. The maximum absolute atomic E-state index is 13.9. The van der Waals surface area contributed by atoms with Crippen LogP contribution in [0.5, 0.6) is 5.75 Å². The van der Waals surface area contributed by atoms with Crippen molar-refractivity contribution in [2.75, 3.05) is 30.3 Å². The first-order valence-electron chi connectivity index (χ1n) is 14.5. The Balaban J connectivity index is 1.85. The van der Waals surface area contributed by atoms with Crippen LogP contribution in [0.25, 0.3) is 0 Å². The number of aryl methyl sites for hydroxylation is 1. The minimum Gasteiger partial charge on any atom is -0.494 e. The van der Waals surface area contributed by atoms with E-state index in [4.69, 9.17) is 4.74 Å². The van der Waals surface area contributed by atoms with E-state index in [2.05, 4.69) is 5.32 Å². The molecule has 226 valence electrons. The second-order valence-corrected chi connectivity index (χ2v) is 12.3. The zero-order chi connectivity index (χ0) is 30.5. The number of nitrogens with zero attached hydrogens (tertiary/aromatic N) is 2. The van der Waals surface area contributed by atoms with Gasteiger partial charge in [0.05, 0.1) is 18.6 Å². The maximum Gasteiger partial charge on any atom is 0.243 e. The first-order valence-corrected chi connectivity index (χ1v) is 16.3. The Morgan fingerprint density at radius 3 is 2.24 bits per heavy atom. The summed E-state index contributed by atoms with van der Waals surface area (Å²) in [4.78, 5) is 29.0. The average Bonchev–Trinajstić information content (AvgIpc) is 2.96. The van der Waals surface area contributed by atoms with E-state index in [1.54, 1.807) is 29.2 Å². The number of rotatable bonds is 16. The predicted molar refractivity (Wildman–Crippen MR) is 168 cm³/mol. The molecule has 1 unspecified atom stereocenters. The van der Waals surface area contributed by atoms with E-state index in [1.165, 1.54) is 4.31 Å². The highest BCUT2D eigenvalue weighted by molar-refractivity contribution is 7.92. The minimum atomic E-state index is -3.59. The number of amides is 2. The van der Waals surface area contributed by atoms with Gasteiger partial charge in [-0.1, -0.05) is 67.1 Å². The van der Waals surface area contributed by atoms with Gasteiger partial charge in [0.25, 0.3) is 0 Å². The molecular weight excluding hydrogens is 550 g/mol. The van der Waals surface area contributed by atoms with Crippen molar-refractivity contribution in [3.8, 4) is 5.75 Å². The van der Waals surface area contributed by atoms with E-state index in [0.29, 0.717) is 31.0 Å². The van der Waals surface area contributed by atoms with Crippen molar-refractivity contribution in [3.63, 3.8) is 0 Å². The molecule has 0 aliphatic carbocycles. The second-order valence-electron chi connectivity index (χ2n) is 10.4. The number of benzene rings is 3. The van der Waals surface area contributed by atoms with E-state index in [0.717, 1.165) is 29.4 Å². The Kier molecular flexibility index (Phi) is 12.4. The fraction of sp³-hybridized carbons (Fsp3) is 0.394. The molecule has 0 heterocycles. The van der Waals surface area contributed by atoms with Crippen molar-refractivity contribution >= 4 is 27.5 Å². The fourth-order valence-corrected chi connectivity index (χ4v) is 5.77. The van der Waals surface area contributed by atoms with Gasteiger partial charge in [0, 0.05) is 32.5 Å². The Morgan fingerprint density at radius 1 is 0.929 bits per heavy atom. The quantitative estimate of drug-likeness (QED) is 0.249. The van der Waals surface area contributed by atoms with Gasteiger partial charge in [-0.25, -0.2) is 8.42 Å². The number of ether oxygens (including phenoxy) is 1. The molecule has 0 bridgehead atoms. The van der Waals surface area contributed by atoms with Crippen molar-refractivity contribution in [2.45, 2.75) is 59.0 Å². The molecule has 1 atom stereocenters. The van der Waals surface area contributed by atoms with Crippen molar-refractivity contribution < 1.29 is 22.7 Å². The number of hydrogen-bond acceptors (Lipinski definition) is 5. The van der Waals surface area contributed by atoms with Crippen LogP contribution in [0.3, 0.4) is 0 Å². The first-order chi connectivity index (χ1) is 20.1. The van der Waals surface area contributed by atoms with Crippen LogP contribution >= 0.6 is 0 Å². The smallest absolute Gasteiger partial charge is 0.243 e. The molecular formula is C33H43N3O5S. The lowest BCUT2D eigenvalue weighted by molar-refractivity contribution is -0.141. The number of anilines is 1. The van der Waals surface area contributed by atoms with Crippen molar-refractivity contribution in [3.05, 3.63) is 95.6 Å². The van der Waals surface area contributed by atoms with E-state index in [9.17, 15) is 18.0 Å². The van der Waals surface area contributed by atoms with Crippen LogP contribution in [0.2, 0.25) is 0 Å². The van der Waals surface area contributed by atoms with Gasteiger partial charge in [-0.2, -0.15) is 0 Å². The third-order valence-corrected chi connectivity index (χ3v) is 8.04. The number of nitrogens with one attached hydrogen (secondary N) is 1. The van der Waals surface area contributed by atoms with Crippen LogP contribution < -0.4 is 14.4 Å². The van der Waals surface area contributed by atoms with Gasteiger partial charge in [-0.15, -0.1) is 0 Å². The summed E-state index contributed by atoms with van der Waals surface area (Å²) in [6, 6.07) is 23.7. The molecule has 0 fully saturated rings. The molecule has 0 spiro atoms.